The summed E-state index contributed by atoms with van der Waals surface area (Å²) in [6, 6.07) is 1.83. The zero-order valence-electron chi connectivity index (χ0n) is 9.45. The summed E-state index contributed by atoms with van der Waals surface area (Å²) in [5.41, 5.74) is 3.49. The van der Waals surface area contributed by atoms with Crippen LogP contribution in [0.3, 0.4) is 0 Å². The van der Waals surface area contributed by atoms with Crippen molar-refractivity contribution in [3.8, 4) is 0 Å². The Morgan fingerprint density at radius 3 is 2.87 bits per heavy atom. The minimum Gasteiger partial charge on any atom is -0.308 e. The number of aromatic nitrogens is 2. The van der Waals surface area contributed by atoms with Gasteiger partial charge in [-0.2, -0.15) is 11.8 Å². The average molecular weight is 226 g/mol. The fourth-order valence-corrected chi connectivity index (χ4v) is 1.90. The highest BCUT2D eigenvalue weighted by atomic mass is 32.2. The highest BCUT2D eigenvalue weighted by Gasteiger charge is 2.04. The Balaban J connectivity index is 2.64. The second kappa shape index (κ2) is 5.92. The summed E-state index contributed by atoms with van der Waals surface area (Å²) in [5, 5.41) is 0.642. The van der Waals surface area contributed by atoms with Crippen LogP contribution in [0.2, 0.25) is 0 Å². The molecule has 0 aromatic carbocycles. The smallest absolute Gasteiger partial charge is 0.143 e. The van der Waals surface area contributed by atoms with Crippen molar-refractivity contribution in [3.63, 3.8) is 0 Å². The molecule has 0 bridgehead atoms. The minimum absolute atomic E-state index is 0.642. The molecule has 1 aromatic heterocycles. The average Bonchev–Trinajstić information content (AvgIpc) is 2.25. The van der Waals surface area contributed by atoms with Gasteiger partial charge in [-0.3, -0.25) is 0 Å². The summed E-state index contributed by atoms with van der Waals surface area (Å²) in [5.74, 6) is 7.68. The zero-order valence-corrected chi connectivity index (χ0v) is 10.3. The molecule has 1 unspecified atom stereocenters. The van der Waals surface area contributed by atoms with Crippen LogP contribution in [0.4, 0.5) is 5.82 Å². The Labute approximate surface area is 95.0 Å². The summed E-state index contributed by atoms with van der Waals surface area (Å²) in [6.45, 7) is 6.34. The molecule has 0 saturated carbocycles. The van der Waals surface area contributed by atoms with Gasteiger partial charge in [0.05, 0.1) is 5.75 Å². The third-order valence-corrected chi connectivity index (χ3v) is 3.45. The Kier molecular flexibility index (Phi) is 4.84. The van der Waals surface area contributed by atoms with E-state index < -0.39 is 0 Å². The molecule has 1 heterocycles. The maximum atomic E-state index is 5.32. The van der Waals surface area contributed by atoms with Crippen LogP contribution in [-0.4, -0.2) is 15.2 Å². The van der Waals surface area contributed by atoms with E-state index in [9.17, 15) is 0 Å². The van der Waals surface area contributed by atoms with Gasteiger partial charge in [-0.05, 0) is 13.3 Å². The van der Waals surface area contributed by atoms with E-state index in [-0.39, 0.29) is 0 Å². The predicted molar refractivity (Wildman–Crippen MR) is 65.6 cm³/mol. The Hall–Kier alpha value is -0.810. The maximum absolute atomic E-state index is 5.32. The Bertz CT molecular complexity index is 316. The van der Waals surface area contributed by atoms with Crippen LogP contribution in [0.15, 0.2) is 6.07 Å². The normalized spacial score (nSPS) is 12.5. The van der Waals surface area contributed by atoms with Crippen LogP contribution < -0.4 is 11.3 Å². The van der Waals surface area contributed by atoms with Crippen molar-refractivity contribution in [1.82, 2.24) is 9.97 Å². The highest BCUT2D eigenvalue weighted by Crippen LogP contribution is 2.18. The van der Waals surface area contributed by atoms with Gasteiger partial charge in [0.15, 0.2) is 0 Å². The number of hydrogen-bond acceptors (Lipinski definition) is 5. The Morgan fingerprint density at radius 1 is 1.53 bits per heavy atom. The second-order valence-electron chi connectivity index (χ2n) is 3.49. The molecular formula is C10H18N4S. The summed E-state index contributed by atoms with van der Waals surface area (Å²) >= 11 is 1.86. The van der Waals surface area contributed by atoms with Crippen LogP contribution in [0, 0.1) is 6.92 Å². The number of thioether (sulfide) groups is 1. The molecule has 1 rings (SSSR count). The molecule has 0 amide bonds. The Morgan fingerprint density at radius 2 is 2.27 bits per heavy atom. The summed E-state index contributed by atoms with van der Waals surface area (Å²) in [7, 11) is 0. The molecular weight excluding hydrogens is 208 g/mol. The van der Waals surface area contributed by atoms with Crippen molar-refractivity contribution in [2.75, 3.05) is 5.43 Å². The SMILES string of the molecule is CCC(C)SCc1nc(C)cc(NN)n1. The first-order valence-electron chi connectivity index (χ1n) is 5.08. The monoisotopic (exact) mass is 226 g/mol. The number of rotatable bonds is 5. The summed E-state index contributed by atoms with van der Waals surface area (Å²) in [6.07, 6.45) is 1.17. The molecule has 0 aliphatic rings. The molecule has 0 aliphatic carbocycles. The van der Waals surface area contributed by atoms with E-state index in [0.717, 1.165) is 17.3 Å². The lowest BCUT2D eigenvalue weighted by Gasteiger charge is -2.08. The maximum Gasteiger partial charge on any atom is 0.143 e. The van der Waals surface area contributed by atoms with E-state index in [1.807, 2.05) is 24.8 Å². The molecule has 84 valence electrons. The first-order valence-corrected chi connectivity index (χ1v) is 6.13. The highest BCUT2D eigenvalue weighted by molar-refractivity contribution is 7.99. The largest absolute Gasteiger partial charge is 0.308 e. The van der Waals surface area contributed by atoms with Gasteiger partial charge in [0.2, 0.25) is 0 Å². The number of hydrogen-bond donors (Lipinski definition) is 2. The van der Waals surface area contributed by atoms with Gasteiger partial charge in [-0.1, -0.05) is 13.8 Å². The van der Waals surface area contributed by atoms with Gasteiger partial charge in [-0.15, -0.1) is 0 Å². The van der Waals surface area contributed by atoms with Crippen LogP contribution in [0.25, 0.3) is 0 Å². The van der Waals surface area contributed by atoms with Crippen LogP contribution in [0.1, 0.15) is 31.8 Å². The molecule has 1 atom stereocenters. The van der Waals surface area contributed by atoms with Crippen LogP contribution >= 0.6 is 11.8 Å². The van der Waals surface area contributed by atoms with E-state index in [2.05, 4.69) is 29.2 Å². The van der Waals surface area contributed by atoms with Crippen molar-refractivity contribution in [1.29, 1.82) is 0 Å². The number of nitrogens with zero attached hydrogens (tertiary/aromatic N) is 2. The number of hydrazine groups is 1. The molecule has 0 spiro atoms. The van der Waals surface area contributed by atoms with E-state index in [1.165, 1.54) is 6.42 Å². The molecule has 3 N–H and O–H groups in total. The van der Waals surface area contributed by atoms with E-state index in [0.29, 0.717) is 11.1 Å². The predicted octanol–water partition coefficient (Wildman–Crippen LogP) is 2.10. The number of nitrogens with one attached hydrogen (secondary N) is 1. The van der Waals surface area contributed by atoms with E-state index >= 15 is 0 Å². The molecule has 0 aliphatic heterocycles. The first-order chi connectivity index (χ1) is 7.15. The van der Waals surface area contributed by atoms with Crippen molar-refractivity contribution in [2.24, 2.45) is 5.84 Å². The zero-order chi connectivity index (χ0) is 11.3. The summed E-state index contributed by atoms with van der Waals surface area (Å²) in [4.78, 5) is 8.65. The molecule has 0 fully saturated rings. The van der Waals surface area contributed by atoms with E-state index in [1.54, 1.807) is 0 Å². The van der Waals surface area contributed by atoms with Gasteiger partial charge in [0.25, 0.3) is 0 Å². The molecule has 4 nitrogen and oxygen atoms in total. The van der Waals surface area contributed by atoms with Crippen molar-refractivity contribution in [3.05, 3.63) is 17.6 Å². The first kappa shape index (κ1) is 12.3. The van der Waals surface area contributed by atoms with Crippen molar-refractivity contribution < 1.29 is 0 Å². The van der Waals surface area contributed by atoms with Crippen molar-refractivity contribution in [2.45, 2.75) is 38.2 Å². The van der Waals surface area contributed by atoms with Gasteiger partial charge in [0, 0.05) is 17.0 Å². The van der Waals surface area contributed by atoms with Gasteiger partial charge in [0.1, 0.15) is 11.6 Å². The molecule has 15 heavy (non-hydrogen) atoms. The molecule has 1 aromatic rings. The van der Waals surface area contributed by atoms with Crippen LogP contribution in [0.5, 0.6) is 0 Å². The lowest BCUT2D eigenvalue weighted by Crippen LogP contribution is -2.11. The fraction of sp³-hybridized carbons (Fsp3) is 0.600. The molecule has 0 radical (unpaired) electrons. The summed E-state index contributed by atoms with van der Waals surface area (Å²) < 4.78 is 0. The number of anilines is 1. The quantitative estimate of drug-likeness (QED) is 0.594. The van der Waals surface area contributed by atoms with Gasteiger partial charge < -0.3 is 5.43 Å². The van der Waals surface area contributed by atoms with Crippen molar-refractivity contribution >= 4 is 17.6 Å². The minimum atomic E-state index is 0.642. The third kappa shape index (κ3) is 4.05. The molecule has 5 heteroatoms. The van der Waals surface area contributed by atoms with Gasteiger partial charge >= 0.3 is 0 Å². The fourth-order valence-electron chi connectivity index (χ4n) is 1.10. The standard InChI is InChI=1S/C10H18N4S/c1-4-8(3)15-6-10-12-7(2)5-9(13-10)14-11/h5,8H,4,6,11H2,1-3H3,(H,12,13,14). The van der Waals surface area contributed by atoms with Crippen LogP contribution in [-0.2, 0) is 5.75 Å². The molecule has 0 saturated heterocycles. The topological polar surface area (TPSA) is 63.8 Å². The van der Waals surface area contributed by atoms with Gasteiger partial charge in [-0.25, -0.2) is 15.8 Å². The number of nitrogens with two attached hydrogens (primary N) is 1. The lowest BCUT2D eigenvalue weighted by molar-refractivity contribution is 0.899. The van der Waals surface area contributed by atoms with E-state index in [4.69, 9.17) is 5.84 Å². The number of aryl methyl sites for hydroxylation is 1. The number of nitrogen functional groups attached to an aromatic ring is 1. The lowest BCUT2D eigenvalue weighted by atomic mass is 10.4. The third-order valence-electron chi connectivity index (χ3n) is 2.12. The second-order valence-corrected chi connectivity index (χ2v) is 4.91.